The van der Waals surface area contributed by atoms with Crippen LogP contribution in [0.25, 0.3) is 0 Å². The quantitative estimate of drug-likeness (QED) is 0.522. The van der Waals surface area contributed by atoms with Gasteiger partial charge in [-0.3, -0.25) is 4.90 Å². The first kappa shape index (κ1) is 13.3. The first-order valence-corrected chi connectivity index (χ1v) is 6.02. The highest BCUT2D eigenvalue weighted by Crippen LogP contribution is 2.25. The summed E-state index contributed by atoms with van der Waals surface area (Å²) in [6, 6.07) is -0.363. The Balaban J connectivity index is 2.07. The van der Waals surface area contributed by atoms with Crippen LogP contribution in [0.2, 0.25) is 0 Å². The molecule has 0 aromatic heterocycles. The number of carbonyl (C=O) groups is 1. The number of ether oxygens (including phenoxy) is 1. The smallest absolute Gasteiger partial charge is 0.325 e. The molecule has 1 unspecified atom stereocenters. The number of carbonyl (C=O) groups excluding carboxylic acids is 1. The summed E-state index contributed by atoms with van der Waals surface area (Å²) < 4.78 is 5.41. The van der Waals surface area contributed by atoms with Crippen molar-refractivity contribution in [3.8, 4) is 0 Å². The van der Waals surface area contributed by atoms with Gasteiger partial charge in [0.2, 0.25) is 0 Å². The number of aliphatic hydroxyl groups is 2. The van der Waals surface area contributed by atoms with Crippen LogP contribution in [-0.4, -0.2) is 51.8 Å². The van der Waals surface area contributed by atoms with Gasteiger partial charge in [-0.05, 0) is 12.5 Å². The van der Waals surface area contributed by atoms with E-state index in [4.69, 9.17) is 15.6 Å². The molecule has 0 spiro atoms. The SMILES string of the molecule is CCC1(N)C=CN([C@H]2C[C@H](O)[C@@H](CO)O2)C(=O)N1. The van der Waals surface area contributed by atoms with E-state index in [0.29, 0.717) is 6.42 Å². The molecule has 2 rings (SSSR count). The van der Waals surface area contributed by atoms with Gasteiger partial charge in [0, 0.05) is 12.6 Å². The Kier molecular flexibility index (Phi) is 3.58. The number of nitrogens with one attached hydrogen (secondary N) is 1. The van der Waals surface area contributed by atoms with Crippen LogP contribution in [0.4, 0.5) is 4.79 Å². The molecule has 5 N–H and O–H groups in total. The molecule has 0 aromatic carbocycles. The lowest BCUT2D eigenvalue weighted by Crippen LogP contribution is -2.61. The van der Waals surface area contributed by atoms with Gasteiger partial charge in [0.1, 0.15) is 18.0 Å². The Morgan fingerprint density at radius 1 is 1.72 bits per heavy atom. The maximum absolute atomic E-state index is 11.9. The first-order valence-electron chi connectivity index (χ1n) is 6.02. The number of aliphatic hydroxyl groups excluding tert-OH is 2. The third-order valence-electron chi connectivity index (χ3n) is 3.39. The molecule has 2 aliphatic heterocycles. The molecule has 0 aliphatic carbocycles. The van der Waals surface area contributed by atoms with Crippen molar-refractivity contribution in [1.82, 2.24) is 10.2 Å². The van der Waals surface area contributed by atoms with Gasteiger partial charge in [-0.1, -0.05) is 6.92 Å². The van der Waals surface area contributed by atoms with Crippen LogP contribution in [0.15, 0.2) is 12.3 Å². The number of rotatable bonds is 3. The van der Waals surface area contributed by atoms with E-state index in [0.717, 1.165) is 0 Å². The van der Waals surface area contributed by atoms with Crippen molar-refractivity contribution in [2.75, 3.05) is 6.61 Å². The molecular weight excluding hydrogens is 238 g/mol. The lowest BCUT2D eigenvalue weighted by molar-refractivity contribution is -0.0548. The zero-order valence-corrected chi connectivity index (χ0v) is 10.2. The lowest BCUT2D eigenvalue weighted by Gasteiger charge is -2.36. The Morgan fingerprint density at radius 3 is 2.94 bits per heavy atom. The third-order valence-corrected chi connectivity index (χ3v) is 3.39. The Hall–Kier alpha value is -1.15. The van der Waals surface area contributed by atoms with Gasteiger partial charge in [0.25, 0.3) is 0 Å². The molecule has 0 bridgehead atoms. The van der Waals surface area contributed by atoms with Crippen LogP contribution in [0.1, 0.15) is 19.8 Å². The summed E-state index contributed by atoms with van der Waals surface area (Å²) in [5, 5.41) is 21.3. The molecule has 1 saturated heterocycles. The van der Waals surface area contributed by atoms with E-state index in [-0.39, 0.29) is 19.1 Å². The molecule has 1 fully saturated rings. The van der Waals surface area contributed by atoms with Crippen LogP contribution in [0, 0.1) is 0 Å². The molecule has 7 heteroatoms. The number of urea groups is 1. The Labute approximate surface area is 105 Å². The fourth-order valence-electron chi connectivity index (χ4n) is 2.07. The van der Waals surface area contributed by atoms with E-state index in [1.165, 1.54) is 4.90 Å². The summed E-state index contributed by atoms with van der Waals surface area (Å²) in [4.78, 5) is 13.3. The average molecular weight is 257 g/mol. The molecule has 2 heterocycles. The minimum atomic E-state index is -0.832. The van der Waals surface area contributed by atoms with Gasteiger partial charge >= 0.3 is 6.03 Å². The van der Waals surface area contributed by atoms with Crippen molar-refractivity contribution >= 4 is 6.03 Å². The summed E-state index contributed by atoms with van der Waals surface area (Å²) in [5.41, 5.74) is 5.08. The maximum Gasteiger partial charge on any atom is 0.325 e. The van der Waals surface area contributed by atoms with Crippen LogP contribution in [0.3, 0.4) is 0 Å². The number of amides is 2. The van der Waals surface area contributed by atoms with Gasteiger partial charge in [0.05, 0.1) is 12.7 Å². The predicted molar refractivity (Wildman–Crippen MR) is 63.1 cm³/mol. The van der Waals surface area contributed by atoms with Crippen LogP contribution < -0.4 is 11.1 Å². The molecule has 0 saturated carbocycles. The summed E-state index contributed by atoms with van der Waals surface area (Å²) in [7, 11) is 0. The summed E-state index contributed by atoms with van der Waals surface area (Å²) in [6.45, 7) is 1.60. The predicted octanol–water partition coefficient (Wildman–Crippen LogP) is -0.941. The van der Waals surface area contributed by atoms with Gasteiger partial charge in [-0.25, -0.2) is 4.79 Å². The minimum absolute atomic E-state index is 0.271. The molecule has 7 nitrogen and oxygen atoms in total. The van der Waals surface area contributed by atoms with Gasteiger partial charge in [-0.2, -0.15) is 0 Å². The third kappa shape index (κ3) is 2.35. The van der Waals surface area contributed by atoms with Crippen molar-refractivity contribution in [3.63, 3.8) is 0 Å². The van der Waals surface area contributed by atoms with Crippen LogP contribution in [-0.2, 0) is 4.74 Å². The van der Waals surface area contributed by atoms with Gasteiger partial charge < -0.3 is 26.0 Å². The van der Waals surface area contributed by atoms with Crippen molar-refractivity contribution in [1.29, 1.82) is 0 Å². The van der Waals surface area contributed by atoms with E-state index in [1.807, 2.05) is 6.92 Å². The fourth-order valence-corrected chi connectivity index (χ4v) is 2.07. The maximum atomic E-state index is 11.9. The zero-order chi connectivity index (χ0) is 13.3. The molecule has 4 atom stereocenters. The second kappa shape index (κ2) is 4.85. The van der Waals surface area contributed by atoms with Crippen LogP contribution in [0.5, 0.6) is 0 Å². The summed E-state index contributed by atoms with van der Waals surface area (Å²) in [6.07, 6.45) is 2.12. The standard InChI is InChI=1S/C11H19N3O4/c1-2-11(12)3-4-14(10(17)13-11)9-5-7(16)8(6-15)18-9/h3-4,7-9,15-16H,2,5-6,12H2,1H3,(H,13,17)/t7-,8+,9+,11?/m0/s1. The molecule has 18 heavy (non-hydrogen) atoms. The number of nitrogens with two attached hydrogens (primary N) is 1. The van der Waals surface area contributed by atoms with Gasteiger partial charge in [-0.15, -0.1) is 0 Å². The van der Waals surface area contributed by atoms with Crippen molar-refractivity contribution in [2.45, 2.75) is 43.9 Å². The molecule has 2 amide bonds. The highest BCUT2D eigenvalue weighted by atomic mass is 16.5. The average Bonchev–Trinajstić information content (AvgIpc) is 2.70. The number of hydrogen-bond donors (Lipinski definition) is 4. The first-order chi connectivity index (χ1) is 8.49. The van der Waals surface area contributed by atoms with Crippen molar-refractivity contribution < 1.29 is 19.7 Å². The van der Waals surface area contributed by atoms with E-state index < -0.39 is 24.1 Å². The van der Waals surface area contributed by atoms with E-state index in [1.54, 1.807) is 12.3 Å². The number of nitrogens with zero attached hydrogens (tertiary/aromatic N) is 1. The summed E-state index contributed by atoms with van der Waals surface area (Å²) in [5.74, 6) is 0. The van der Waals surface area contributed by atoms with E-state index in [9.17, 15) is 9.90 Å². The summed E-state index contributed by atoms with van der Waals surface area (Å²) >= 11 is 0. The Bertz CT molecular complexity index is 362. The molecular formula is C11H19N3O4. The normalized spacial score (nSPS) is 40.1. The largest absolute Gasteiger partial charge is 0.394 e. The second-order valence-corrected chi connectivity index (χ2v) is 4.66. The lowest BCUT2D eigenvalue weighted by atomic mass is 10.1. The monoisotopic (exact) mass is 257 g/mol. The van der Waals surface area contributed by atoms with E-state index in [2.05, 4.69) is 5.32 Å². The fraction of sp³-hybridized carbons (Fsp3) is 0.727. The van der Waals surface area contributed by atoms with Crippen molar-refractivity contribution in [2.24, 2.45) is 5.73 Å². The van der Waals surface area contributed by atoms with E-state index >= 15 is 0 Å². The highest BCUT2D eigenvalue weighted by Gasteiger charge is 2.40. The molecule has 102 valence electrons. The number of hydrogen-bond acceptors (Lipinski definition) is 5. The van der Waals surface area contributed by atoms with Crippen molar-refractivity contribution in [3.05, 3.63) is 12.3 Å². The van der Waals surface area contributed by atoms with Crippen LogP contribution >= 0.6 is 0 Å². The highest BCUT2D eigenvalue weighted by molar-refractivity contribution is 5.78. The second-order valence-electron chi connectivity index (χ2n) is 4.66. The Morgan fingerprint density at radius 2 is 2.44 bits per heavy atom. The molecule has 0 aromatic rings. The molecule has 0 radical (unpaired) electrons. The van der Waals surface area contributed by atoms with Gasteiger partial charge in [0.15, 0.2) is 0 Å². The topological polar surface area (TPSA) is 108 Å². The zero-order valence-electron chi connectivity index (χ0n) is 10.2. The minimum Gasteiger partial charge on any atom is -0.394 e. The molecule has 2 aliphatic rings.